The fraction of sp³-hybridized carbons (Fsp3) is 0.227. The molecule has 1 N–H and O–H groups in total. The zero-order valence-electron chi connectivity index (χ0n) is 16.5. The summed E-state index contributed by atoms with van der Waals surface area (Å²) < 4.78 is 11.7. The molecule has 0 spiro atoms. The van der Waals surface area contributed by atoms with Crippen molar-refractivity contribution in [3.8, 4) is 0 Å². The number of anilines is 1. The second kappa shape index (κ2) is 8.60. The third-order valence-electron chi connectivity index (χ3n) is 4.49. The van der Waals surface area contributed by atoms with Crippen LogP contribution in [0, 0.1) is 6.92 Å². The van der Waals surface area contributed by atoms with Crippen molar-refractivity contribution in [2.45, 2.75) is 26.5 Å². The Balaban J connectivity index is 1.68. The third kappa shape index (κ3) is 4.63. The summed E-state index contributed by atoms with van der Waals surface area (Å²) in [6.45, 7) is 3.32. The summed E-state index contributed by atoms with van der Waals surface area (Å²) in [5.41, 5.74) is 2.76. The second-order valence-electron chi connectivity index (χ2n) is 6.67. The number of methoxy groups -OCH3 is 1. The zero-order chi connectivity index (χ0) is 21.0. The smallest absolute Gasteiger partial charge is 0.340 e. The highest BCUT2D eigenvalue weighted by Crippen LogP contribution is 2.22. The summed E-state index contributed by atoms with van der Waals surface area (Å²) in [4.78, 5) is 36.6. The van der Waals surface area contributed by atoms with Gasteiger partial charge in [0.2, 0.25) is 0 Å². The van der Waals surface area contributed by atoms with Crippen LogP contribution in [0.25, 0.3) is 10.9 Å². The van der Waals surface area contributed by atoms with Crippen molar-refractivity contribution in [3.63, 3.8) is 0 Å². The highest BCUT2D eigenvalue weighted by molar-refractivity contribution is 6.04. The van der Waals surface area contributed by atoms with Gasteiger partial charge in [0.15, 0.2) is 6.10 Å². The number of aromatic nitrogens is 1. The minimum Gasteiger partial charge on any atom is -0.465 e. The standard InChI is InChI=1S/C22H22N2O5/c1-14-8-10-16(11-9-14)23-21(26)15(2)29-20(25)13-24-12-18(22(27)28-3)17-6-4-5-7-19(17)24/h4-12,15H,13H2,1-3H3,(H,23,26)/t15-/m1/s1. The van der Waals surface area contributed by atoms with E-state index in [9.17, 15) is 14.4 Å². The molecule has 7 heteroatoms. The summed E-state index contributed by atoms with van der Waals surface area (Å²) in [5.74, 6) is -1.50. The number of carbonyl (C=O) groups excluding carboxylic acids is 3. The van der Waals surface area contributed by atoms with Gasteiger partial charge in [0.1, 0.15) is 6.54 Å². The second-order valence-corrected chi connectivity index (χ2v) is 6.67. The molecule has 0 saturated carbocycles. The van der Waals surface area contributed by atoms with Gasteiger partial charge in [-0.2, -0.15) is 0 Å². The van der Waals surface area contributed by atoms with Gasteiger partial charge in [-0.25, -0.2) is 4.79 Å². The monoisotopic (exact) mass is 394 g/mol. The van der Waals surface area contributed by atoms with E-state index in [-0.39, 0.29) is 6.54 Å². The van der Waals surface area contributed by atoms with E-state index in [1.807, 2.05) is 25.1 Å². The number of hydrogen-bond donors (Lipinski definition) is 1. The van der Waals surface area contributed by atoms with Crippen LogP contribution in [-0.4, -0.2) is 35.6 Å². The topological polar surface area (TPSA) is 86.6 Å². The van der Waals surface area contributed by atoms with Crippen LogP contribution in [0.2, 0.25) is 0 Å². The van der Waals surface area contributed by atoms with Crippen molar-refractivity contribution in [2.75, 3.05) is 12.4 Å². The van der Waals surface area contributed by atoms with Gasteiger partial charge in [-0.1, -0.05) is 35.9 Å². The number of esters is 2. The van der Waals surface area contributed by atoms with Crippen LogP contribution < -0.4 is 5.32 Å². The minimum atomic E-state index is -0.967. The molecule has 1 heterocycles. The number of carbonyl (C=O) groups is 3. The Labute approximate surface area is 168 Å². The number of fused-ring (bicyclic) bond motifs is 1. The van der Waals surface area contributed by atoms with E-state index in [0.29, 0.717) is 22.2 Å². The molecule has 0 unspecified atom stereocenters. The number of ether oxygens (including phenoxy) is 2. The van der Waals surface area contributed by atoms with Crippen LogP contribution in [0.4, 0.5) is 5.69 Å². The van der Waals surface area contributed by atoms with E-state index in [0.717, 1.165) is 5.56 Å². The van der Waals surface area contributed by atoms with Gasteiger partial charge in [-0.3, -0.25) is 9.59 Å². The maximum atomic E-state index is 12.4. The lowest BCUT2D eigenvalue weighted by molar-refractivity contribution is -0.153. The highest BCUT2D eigenvalue weighted by Gasteiger charge is 2.20. The van der Waals surface area contributed by atoms with Gasteiger partial charge in [0, 0.05) is 22.8 Å². The molecule has 0 aliphatic rings. The number of rotatable bonds is 6. The van der Waals surface area contributed by atoms with Crippen molar-refractivity contribution in [2.24, 2.45) is 0 Å². The van der Waals surface area contributed by atoms with Gasteiger partial charge >= 0.3 is 11.9 Å². The molecular weight excluding hydrogens is 372 g/mol. The Bertz CT molecular complexity index is 1050. The van der Waals surface area contributed by atoms with Gasteiger partial charge < -0.3 is 19.4 Å². The molecule has 0 saturated heterocycles. The SMILES string of the molecule is COC(=O)c1cn(CC(=O)O[C@H](C)C(=O)Nc2ccc(C)cc2)c2ccccc12. The fourth-order valence-corrected chi connectivity index (χ4v) is 2.96. The molecule has 0 bridgehead atoms. The third-order valence-corrected chi connectivity index (χ3v) is 4.49. The maximum absolute atomic E-state index is 12.4. The van der Waals surface area contributed by atoms with Crippen molar-refractivity contribution >= 4 is 34.4 Å². The van der Waals surface area contributed by atoms with E-state index in [1.54, 1.807) is 41.1 Å². The van der Waals surface area contributed by atoms with E-state index in [2.05, 4.69) is 5.32 Å². The number of nitrogens with one attached hydrogen (secondary N) is 1. The van der Waals surface area contributed by atoms with E-state index in [1.165, 1.54) is 14.0 Å². The number of nitrogens with zero attached hydrogens (tertiary/aromatic N) is 1. The first-order chi connectivity index (χ1) is 13.9. The average Bonchev–Trinajstić information content (AvgIpc) is 3.07. The molecule has 3 aromatic rings. The summed E-state index contributed by atoms with van der Waals surface area (Å²) in [5, 5.41) is 3.39. The first-order valence-electron chi connectivity index (χ1n) is 9.12. The molecule has 0 radical (unpaired) electrons. The molecule has 3 rings (SSSR count). The summed E-state index contributed by atoms with van der Waals surface area (Å²) >= 11 is 0. The van der Waals surface area contributed by atoms with Crippen molar-refractivity contribution in [1.29, 1.82) is 0 Å². The van der Waals surface area contributed by atoms with E-state index < -0.39 is 23.9 Å². The molecule has 1 amide bonds. The number of amides is 1. The molecule has 2 aromatic carbocycles. The predicted molar refractivity (Wildman–Crippen MR) is 109 cm³/mol. The van der Waals surface area contributed by atoms with Crippen LogP contribution >= 0.6 is 0 Å². The van der Waals surface area contributed by atoms with Crippen molar-refractivity contribution < 1.29 is 23.9 Å². The number of benzene rings is 2. The Kier molecular flexibility index (Phi) is 5.97. The Hall–Kier alpha value is -3.61. The molecule has 0 aliphatic carbocycles. The predicted octanol–water partition coefficient (Wildman–Crippen LogP) is 3.31. The average molecular weight is 394 g/mol. The molecule has 150 valence electrons. The lowest BCUT2D eigenvalue weighted by Gasteiger charge is -2.14. The quantitative estimate of drug-likeness (QED) is 0.648. The Morgan fingerprint density at radius 2 is 1.76 bits per heavy atom. The normalized spacial score (nSPS) is 11.7. The van der Waals surface area contributed by atoms with Crippen LogP contribution in [0.3, 0.4) is 0 Å². The molecule has 7 nitrogen and oxygen atoms in total. The van der Waals surface area contributed by atoms with E-state index >= 15 is 0 Å². The number of aryl methyl sites for hydroxylation is 1. The number of hydrogen-bond acceptors (Lipinski definition) is 5. The van der Waals surface area contributed by atoms with Gasteiger partial charge in [-0.05, 0) is 32.0 Å². The van der Waals surface area contributed by atoms with Crippen molar-refractivity contribution in [1.82, 2.24) is 4.57 Å². The lowest BCUT2D eigenvalue weighted by atomic mass is 10.2. The Morgan fingerprint density at radius 1 is 1.07 bits per heavy atom. The van der Waals surface area contributed by atoms with Crippen LogP contribution in [-0.2, 0) is 25.6 Å². The molecule has 0 aliphatic heterocycles. The Morgan fingerprint density at radius 3 is 2.45 bits per heavy atom. The molecule has 0 fully saturated rings. The van der Waals surface area contributed by atoms with Crippen LogP contribution in [0.15, 0.2) is 54.7 Å². The first-order valence-corrected chi connectivity index (χ1v) is 9.12. The van der Waals surface area contributed by atoms with Gasteiger partial charge in [0.05, 0.1) is 12.7 Å². The largest absolute Gasteiger partial charge is 0.465 e. The van der Waals surface area contributed by atoms with Gasteiger partial charge in [0.25, 0.3) is 5.91 Å². The molecular formula is C22H22N2O5. The van der Waals surface area contributed by atoms with Crippen LogP contribution in [0.5, 0.6) is 0 Å². The van der Waals surface area contributed by atoms with E-state index in [4.69, 9.17) is 9.47 Å². The van der Waals surface area contributed by atoms with Crippen molar-refractivity contribution in [3.05, 3.63) is 65.9 Å². The summed E-state index contributed by atoms with van der Waals surface area (Å²) in [6.07, 6.45) is 0.583. The highest BCUT2D eigenvalue weighted by atomic mass is 16.5. The van der Waals surface area contributed by atoms with Crippen LogP contribution in [0.1, 0.15) is 22.8 Å². The minimum absolute atomic E-state index is 0.139. The number of para-hydroxylation sites is 1. The summed E-state index contributed by atoms with van der Waals surface area (Å²) in [6, 6.07) is 14.5. The fourth-order valence-electron chi connectivity index (χ4n) is 2.96. The summed E-state index contributed by atoms with van der Waals surface area (Å²) in [7, 11) is 1.30. The van der Waals surface area contributed by atoms with Gasteiger partial charge in [-0.15, -0.1) is 0 Å². The molecule has 1 aromatic heterocycles. The molecule has 1 atom stereocenters. The first kappa shape index (κ1) is 20.1. The zero-order valence-corrected chi connectivity index (χ0v) is 16.5. The lowest BCUT2D eigenvalue weighted by Crippen LogP contribution is -2.31. The molecule has 29 heavy (non-hydrogen) atoms. The maximum Gasteiger partial charge on any atom is 0.340 e.